The third kappa shape index (κ3) is 2.95. The average molecular weight is 292 g/mol. The van der Waals surface area contributed by atoms with Crippen molar-refractivity contribution in [3.63, 3.8) is 0 Å². The van der Waals surface area contributed by atoms with Gasteiger partial charge in [-0.3, -0.25) is 0 Å². The van der Waals surface area contributed by atoms with E-state index in [1.54, 1.807) is 12.1 Å². The zero-order valence-electron chi connectivity index (χ0n) is 8.75. The Kier molecular flexibility index (Phi) is 4.16. The standard InChI is InChI=1S/C10H14BrNO2S/c1-3-6-15(12,13)10-7-8(11)4-5-9(10)14-2/h4-5,7,12H,3,6H2,1-2H3. The zero-order chi connectivity index (χ0) is 11.5. The SMILES string of the molecule is CCCS(=N)(=O)c1cc(Br)ccc1OC. The maximum atomic E-state index is 12.1. The first kappa shape index (κ1) is 12.5. The molecule has 0 saturated carbocycles. The van der Waals surface area contributed by atoms with Crippen molar-refractivity contribution in [1.82, 2.24) is 0 Å². The first-order valence-corrected chi connectivity index (χ1v) is 7.13. The van der Waals surface area contributed by atoms with E-state index >= 15 is 0 Å². The molecule has 0 aromatic heterocycles. The van der Waals surface area contributed by atoms with Crippen LogP contribution in [0, 0.1) is 4.78 Å². The molecule has 0 aliphatic heterocycles. The molecule has 0 spiro atoms. The summed E-state index contributed by atoms with van der Waals surface area (Å²) in [5, 5.41) is 0. The number of methoxy groups -OCH3 is 1. The van der Waals surface area contributed by atoms with Crippen LogP contribution < -0.4 is 4.74 Å². The van der Waals surface area contributed by atoms with E-state index in [0.29, 0.717) is 16.4 Å². The third-order valence-corrected chi connectivity index (χ3v) is 4.48. The molecule has 0 heterocycles. The Hall–Kier alpha value is -0.550. The molecule has 3 nitrogen and oxygen atoms in total. The number of benzene rings is 1. The van der Waals surface area contributed by atoms with Crippen LogP contribution >= 0.6 is 15.9 Å². The maximum absolute atomic E-state index is 12.1. The lowest BCUT2D eigenvalue weighted by atomic mass is 10.3. The van der Waals surface area contributed by atoms with Gasteiger partial charge in [0.15, 0.2) is 0 Å². The largest absolute Gasteiger partial charge is 0.495 e. The van der Waals surface area contributed by atoms with Gasteiger partial charge in [-0.1, -0.05) is 22.9 Å². The maximum Gasteiger partial charge on any atom is 0.135 e. The Morgan fingerprint density at radius 3 is 2.73 bits per heavy atom. The molecule has 0 saturated heterocycles. The molecule has 0 bridgehead atoms. The van der Waals surface area contributed by atoms with Crippen molar-refractivity contribution in [2.24, 2.45) is 0 Å². The van der Waals surface area contributed by atoms with Gasteiger partial charge in [0.05, 0.1) is 21.7 Å². The van der Waals surface area contributed by atoms with Crippen LogP contribution in [0.4, 0.5) is 0 Å². The molecule has 0 fully saturated rings. The number of halogens is 1. The predicted molar refractivity (Wildman–Crippen MR) is 65.0 cm³/mol. The molecule has 1 N–H and O–H groups in total. The summed E-state index contributed by atoms with van der Waals surface area (Å²) in [5.41, 5.74) is 0. The van der Waals surface area contributed by atoms with Crippen LogP contribution in [-0.4, -0.2) is 17.1 Å². The van der Waals surface area contributed by atoms with Crippen LogP contribution in [0.15, 0.2) is 27.6 Å². The Morgan fingerprint density at radius 2 is 2.20 bits per heavy atom. The van der Waals surface area contributed by atoms with E-state index in [2.05, 4.69) is 15.9 Å². The van der Waals surface area contributed by atoms with Crippen molar-refractivity contribution >= 4 is 25.7 Å². The van der Waals surface area contributed by atoms with Gasteiger partial charge in [0.25, 0.3) is 0 Å². The van der Waals surface area contributed by atoms with Crippen LogP contribution in [0.25, 0.3) is 0 Å². The number of ether oxygens (including phenoxy) is 1. The highest BCUT2D eigenvalue weighted by molar-refractivity contribution is 9.10. The molecule has 1 rings (SSSR count). The molecule has 1 atom stereocenters. The van der Waals surface area contributed by atoms with Gasteiger partial charge >= 0.3 is 0 Å². The molecule has 0 aliphatic rings. The minimum atomic E-state index is -2.73. The monoisotopic (exact) mass is 291 g/mol. The lowest BCUT2D eigenvalue weighted by Crippen LogP contribution is -2.06. The van der Waals surface area contributed by atoms with Crippen LogP contribution in [0.5, 0.6) is 5.75 Å². The van der Waals surface area contributed by atoms with E-state index in [0.717, 1.165) is 10.9 Å². The smallest absolute Gasteiger partial charge is 0.135 e. The van der Waals surface area contributed by atoms with Gasteiger partial charge in [-0.25, -0.2) is 8.99 Å². The van der Waals surface area contributed by atoms with Crippen molar-refractivity contribution in [1.29, 1.82) is 4.78 Å². The second kappa shape index (κ2) is 4.99. The summed E-state index contributed by atoms with van der Waals surface area (Å²) < 4.78 is 25.8. The van der Waals surface area contributed by atoms with Crippen molar-refractivity contribution in [2.75, 3.05) is 12.9 Å². The summed E-state index contributed by atoms with van der Waals surface area (Å²) in [6.45, 7) is 1.92. The number of rotatable bonds is 4. The highest BCUT2D eigenvalue weighted by atomic mass is 79.9. The summed E-state index contributed by atoms with van der Waals surface area (Å²) in [6.07, 6.45) is 0.720. The average Bonchev–Trinajstić information content (AvgIpc) is 2.17. The summed E-state index contributed by atoms with van der Waals surface area (Å²) in [7, 11) is -1.21. The molecule has 15 heavy (non-hydrogen) atoms. The molecular weight excluding hydrogens is 278 g/mol. The van der Waals surface area contributed by atoms with Crippen LogP contribution in [-0.2, 0) is 9.73 Å². The highest BCUT2D eigenvalue weighted by Gasteiger charge is 2.15. The Bertz CT molecular complexity index is 443. The molecule has 0 amide bonds. The lowest BCUT2D eigenvalue weighted by Gasteiger charge is -2.11. The van der Waals surface area contributed by atoms with E-state index in [-0.39, 0.29) is 0 Å². The Morgan fingerprint density at radius 1 is 1.53 bits per heavy atom. The summed E-state index contributed by atoms with van der Waals surface area (Å²) in [6, 6.07) is 5.23. The van der Waals surface area contributed by atoms with Crippen molar-refractivity contribution in [2.45, 2.75) is 18.2 Å². The lowest BCUT2D eigenvalue weighted by molar-refractivity contribution is 0.403. The van der Waals surface area contributed by atoms with Gasteiger partial charge in [-0.15, -0.1) is 0 Å². The fourth-order valence-corrected chi connectivity index (χ4v) is 3.41. The first-order valence-electron chi connectivity index (χ1n) is 4.61. The van der Waals surface area contributed by atoms with Crippen LogP contribution in [0.1, 0.15) is 13.3 Å². The molecule has 1 aromatic rings. The van der Waals surface area contributed by atoms with Gasteiger partial charge in [0, 0.05) is 10.2 Å². The van der Waals surface area contributed by atoms with Gasteiger partial charge in [0.1, 0.15) is 5.75 Å². The Balaban J connectivity index is 3.28. The molecule has 1 unspecified atom stereocenters. The fraction of sp³-hybridized carbons (Fsp3) is 0.400. The zero-order valence-corrected chi connectivity index (χ0v) is 11.2. The minimum absolute atomic E-state index is 0.361. The number of hydrogen-bond donors (Lipinski definition) is 1. The van der Waals surface area contributed by atoms with E-state index in [1.165, 1.54) is 7.11 Å². The summed E-state index contributed by atoms with van der Waals surface area (Å²) >= 11 is 3.30. The van der Waals surface area contributed by atoms with E-state index in [1.807, 2.05) is 13.0 Å². The van der Waals surface area contributed by atoms with Gasteiger partial charge in [-0.05, 0) is 24.6 Å². The second-order valence-corrected chi connectivity index (χ2v) is 6.29. The number of nitrogens with one attached hydrogen (secondary N) is 1. The van der Waals surface area contributed by atoms with Gasteiger partial charge < -0.3 is 4.74 Å². The van der Waals surface area contributed by atoms with Crippen molar-refractivity contribution < 1.29 is 8.95 Å². The predicted octanol–water partition coefficient (Wildman–Crippen LogP) is 3.27. The van der Waals surface area contributed by atoms with Gasteiger partial charge in [0.2, 0.25) is 0 Å². The molecule has 5 heteroatoms. The molecule has 0 aliphatic carbocycles. The summed E-state index contributed by atoms with van der Waals surface area (Å²) in [5.74, 6) is 0.881. The first-order chi connectivity index (χ1) is 7.01. The third-order valence-electron chi connectivity index (χ3n) is 1.97. The molecule has 84 valence electrons. The fourth-order valence-electron chi connectivity index (χ4n) is 1.31. The van der Waals surface area contributed by atoms with Crippen molar-refractivity contribution in [3.8, 4) is 5.75 Å². The topological polar surface area (TPSA) is 50.2 Å². The quantitative estimate of drug-likeness (QED) is 0.926. The van der Waals surface area contributed by atoms with Crippen molar-refractivity contribution in [3.05, 3.63) is 22.7 Å². The normalized spacial score (nSPS) is 14.6. The van der Waals surface area contributed by atoms with E-state index in [4.69, 9.17) is 9.52 Å². The molecule has 0 radical (unpaired) electrons. The summed E-state index contributed by atoms with van der Waals surface area (Å²) in [4.78, 5) is 0.473. The van der Waals surface area contributed by atoms with Crippen LogP contribution in [0.3, 0.4) is 0 Å². The molecule has 1 aromatic carbocycles. The van der Waals surface area contributed by atoms with E-state index < -0.39 is 9.73 Å². The number of hydrogen-bond acceptors (Lipinski definition) is 3. The minimum Gasteiger partial charge on any atom is -0.495 e. The van der Waals surface area contributed by atoms with Gasteiger partial charge in [-0.2, -0.15) is 0 Å². The van der Waals surface area contributed by atoms with E-state index in [9.17, 15) is 4.21 Å². The molecular formula is C10H14BrNO2S. The Labute approximate surface area is 98.9 Å². The highest BCUT2D eigenvalue weighted by Crippen LogP contribution is 2.28. The second-order valence-electron chi connectivity index (χ2n) is 3.17. The van der Waals surface area contributed by atoms with Crippen LogP contribution in [0.2, 0.25) is 0 Å².